The van der Waals surface area contributed by atoms with E-state index in [1.165, 1.54) is 31.4 Å². The average Bonchev–Trinajstić information content (AvgIpc) is 3.06. The molecule has 0 spiro atoms. The zero-order valence-corrected chi connectivity index (χ0v) is 16.1. The molecule has 0 unspecified atom stereocenters. The van der Waals surface area contributed by atoms with Crippen LogP contribution in [0.2, 0.25) is 10.0 Å². The number of aromatic nitrogens is 2. The van der Waals surface area contributed by atoms with E-state index in [0.29, 0.717) is 17.1 Å². The fraction of sp³-hybridized carbons (Fsp3) is 0.158. The van der Waals surface area contributed by atoms with Gasteiger partial charge >= 0.3 is 0 Å². The fourth-order valence-electron chi connectivity index (χ4n) is 2.71. The molecule has 0 fully saturated rings. The summed E-state index contributed by atoms with van der Waals surface area (Å²) in [5.74, 6) is 0.130. The zero-order chi connectivity index (χ0) is 19.6. The first kappa shape index (κ1) is 19.2. The first-order chi connectivity index (χ1) is 12.9. The Kier molecular flexibility index (Phi) is 5.68. The van der Waals surface area contributed by atoms with Crippen LogP contribution in [0.1, 0.15) is 27.8 Å². The van der Waals surface area contributed by atoms with Crippen molar-refractivity contribution >= 4 is 29.1 Å². The van der Waals surface area contributed by atoms with E-state index in [9.17, 15) is 9.18 Å². The summed E-state index contributed by atoms with van der Waals surface area (Å²) in [5.41, 5.74) is 0.955. The van der Waals surface area contributed by atoms with Gasteiger partial charge in [-0.05, 0) is 29.8 Å². The molecular weight excluding hydrogens is 392 g/mol. The maximum Gasteiger partial charge on any atom is 0.252 e. The highest BCUT2D eigenvalue weighted by Gasteiger charge is 2.22. The Balaban J connectivity index is 1.96. The van der Waals surface area contributed by atoms with Crippen LogP contribution in [0.5, 0.6) is 5.75 Å². The van der Waals surface area contributed by atoms with Crippen LogP contribution in [-0.4, -0.2) is 22.6 Å². The molecule has 0 bridgehead atoms. The number of methoxy groups -OCH3 is 1. The van der Waals surface area contributed by atoms with E-state index in [4.69, 9.17) is 27.9 Å². The van der Waals surface area contributed by atoms with Crippen LogP contribution in [0, 0.1) is 5.82 Å². The van der Waals surface area contributed by atoms with Crippen molar-refractivity contribution in [1.29, 1.82) is 0 Å². The summed E-state index contributed by atoms with van der Waals surface area (Å²) in [7, 11) is 3.25. The smallest absolute Gasteiger partial charge is 0.252 e. The molecule has 3 aromatic rings. The summed E-state index contributed by atoms with van der Waals surface area (Å²) < 4.78 is 20.2. The van der Waals surface area contributed by atoms with Crippen molar-refractivity contribution in [2.75, 3.05) is 7.11 Å². The van der Waals surface area contributed by atoms with Gasteiger partial charge in [-0.2, -0.15) is 0 Å². The Hall–Kier alpha value is -2.57. The van der Waals surface area contributed by atoms with Crippen molar-refractivity contribution in [3.63, 3.8) is 0 Å². The number of amides is 1. The third-order valence-corrected chi connectivity index (χ3v) is 4.62. The average molecular weight is 408 g/mol. The lowest BCUT2D eigenvalue weighted by atomic mass is 10.0. The van der Waals surface area contributed by atoms with Crippen LogP contribution in [0.3, 0.4) is 0 Å². The Morgan fingerprint density at radius 3 is 2.37 bits per heavy atom. The standard InChI is InChI=1S/C19H16Cl2FN3O2/c1-25-8-7-23-18(25)16(11-3-5-13(22)6-4-11)24-19(26)12-9-14(20)17(27-2)15(21)10-12/h3-10,16H,1-2H3,(H,24,26)/t16-/m0/s1. The summed E-state index contributed by atoms with van der Waals surface area (Å²) in [4.78, 5) is 17.1. The molecule has 1 aromatic heterocycles. The molecule has 27 heavy (non-hydrogen) atoms. The van der Waals surface area contributed by atoms with Crippen molar-refractivity contribution in [2.24, 2.45) is 7.05 Å². The number of aryl methyl sites for hydroxylation is 1. The van der Waals surface area contributed by atoms with Gasteiger partial charge < -0.3 is 14.6 Å². The molecule has 0 aliphatic rings. The number of ether oxygens (including phenoxy) is 1. The van der Waals surface area contributed by atoms with Crippen molar-refractivity contribution in [3.05, 3.63) is 81.6 Å². The second-order valence-corrected chi connectivity index (χ2v) is 6.64. The maximum atomic E-state index is 13.3. The highest BCUT2D eigenvalue weighted by Crippen LogP contribution is 2.34. The summed E-state index contributed by atoms with van der Waals surface area (Å²) in [5, 5.41) is 3.36. The first-order valence-electron chi connectivity index (χ1n) is 7.97. The first-order valence-corrected chi connectivity index (χ1v) is 8.73. The van der Waals surface area contributed by atoms with Crippen LogP contribution in [0.4, 0.5) is 4.39 Å². The number of imidazole rings is 1. The number of rotatable bonds is 5. The SMILES string of the molecule is COc1c(Cl)cc(C(=O)N[C@@H](c2ccc(F)cc2)c2nccn2C)cc1Cl. The fourth-order valence-corrected chi connectivity index (χ4v) is 3.35. The van der Waals surface area contributed by atoms with Gasteiger partial charge in [-0.3, -0.25) is 4.79 Å². The highest BCUT2D eigenvalue weighted by molar-refractivity contribution is 6.37. The molecular formula is C19H16Cl2FN3O2. The van der Waals surface area contributed by atoms with Crippen molar-refractivity contribution < 1.29 is 13.9 Å². The van der Waals surface area contributed by atoms with Gasteiger partial charge in [0.25, 0.3) is 5.91 Å². The molecule has 0 saturated carbocycles. The highest BCUT2D eigenvalue weighted by atomic mass is 35.5. The van der Waals surface area contributed by atoms with E-state index in [-0.39, 0.29) is 21.4 Å². The monoisotopic (exact) mass is 407 g/mol. The minimum absolute atomic E-state index is 0.227. The second kappa shape index (κ2) is 7.98. The Morgan fingerprint density at radius 2 is 1.85 bits per heavy atom. The molecule has 1 N–H and O–H groups in total. The van der Waals surface area contributed by atoms with Crippen molar-refractivity contribution in [1.82, 2.24) is 14.9 Å². The van der Waals surface area contributed by atoms with Crippen LogP contribution < -0.4 is 10.1 Å². The van der Waals surface area contributed by atoms with Gasteiger partial charge in [0.2, 0.25) is 0 Å². The lowest BCUT2D eigenvalue weighted by Crippen LogP contribution is -2.31. The van der Waals surface area contributed by atoms with Crippen LogP contribution in [0.25, 0.3) is 0 Å². The number of nitrogens with zero attached hydrogens (tertiary/aromatic N) is 2. The van der Waals surface area contributed by atoms with Gasteiger partial charge in [0.05, 0.1) is 17.2 Å². The van der Waals surface area contributed by atoms with E-state index >= 15 is 0 Å². The molecule has 3 rings (SSSR count). The summed E-state index contributed by atoms with van der Waals surface area (Å²) >= 11 is 12.3. The Labute approximate surface area is 165 Å². The number of benzene rings is 2. The van der Waals surface area contributed by atoms with Gasteiger partial charge in [0.1, 0.15) is 17.7 Å². The van der Waals surface area contributed by atoms with E-state index < -0.39 is 11.9 Å². The van der Waals surface area contributed by atoms with Crippen LogP contribution in [-0.2, 0) is 7.05 Å². The molecule has 1 amide bonds. The molecule has 0 radical (unpaired) electrons. The predicted molar refractivity (Wildman–Crippen MR) is 102 cm³/mol. The van der Waals surface area contributed by atoms with E-state index in [1.54, 1.807) is 29.1 Å². The Morgan fingerprint density at radius 1 is 1.22 bits per heavy atom. The van der Waals surface area contributed by atoms with Crippen LogP contribution in [0.15, 0.2) is 48.8 Å². The number of halogens is 3. The number of carbonyl (C=O) groups is 1. The number of hydrogen-bond acceptors (Lipinski definition) is 3. The second-order valence-electron chi connectivity index (χ2n) is 5.83. The van der Waals surface area contributed by atoms with E-state index in [0.717, 1.165) is 0 Å². The predicted octanol–water partition coefficient (Wildman–Crippen LogP) is 4.39. The van der Waals surface area contributed by atoms with Gasteiger partial charge in [0, 0.05) is 25.0 Å². The topological polar surface area (TPSA) is 56.1 Å². The third kappa shape index (κ3) is 4.07. The normalized spacial score (nSPS) is 11.9. The quantitative estimate of drug-likeness (QED) is 0.681. The van der Waals surface area contributed by atoms with Crippen molar-refractivity contribution in [3.8, 4) is 5.75 Å². The maximum absolute atomic E-state index is 13.3. The van der Waals surface area contributed by atoms with Gasteiger partial charge in [-0.15, -0.1) is 0 Å². The zero-order valence-electron chi connectivity index (χ0n) is 14.5. The summed E-state index contributed by atoms with van der Waals surface area (Å²) in [6.07, 6.45) is 3.39. The minimum atomic E-state index is -0.585. The van der Waals surface area contributed by atoms with E-state index in [1.807, 2.05) is 7.05 Å². The molecule has 140 valence electrons. The molecule has 5 nitrogen and oxygen atoms in total. The van der Waals surface area contributed by atoms with Crippen molar-refractivity contribution in [2.45, 2.75) is 6.04 Å². The number of nitrogens with one attached hydrogen (secondary N) is 1. The van der Waals surface area contributed by atoms with E-state index in [2.05, 4.69) is 10.3 Å². The molecule has 8 heteroatoms. The molecule has 0 saturated heterocycles. The third-order valence-electron chi connectivity index (χ3n) is 4.06. The minimum Gasteiger partial charge on any atom is -0.494 e. The summed E-state index contributed by atoms with van der Waals surface area (Å²) in [6, 6.07) is 8.23. The number of carbonyl (C=O) groups excluding carboxylic acids is 1. The Bertz CT molecular complexity index is 950. The lowest BCUT2D eigenvalue weighted by Gasteiger charge is -2.19. The molecule has 0 aliphatic heterocycles. The van der Waals surface area contributed by atoms with Gasteiger partial charge in [-0.1, -0.05) is 35.3 Å². The molecule has 0 aliphatic carbocycles. The lowest BCUT2D eigenvalue weighted by molar-refractivity contribution is 0.0941. The molecule has 2 aromatic carbocycles. The molecule has 1 heterocycles. The van der Waals surface area contributed by atoms with Gasteiger partial charge in [-0.25, -0.2) is 9.37 Å². The van der Waals surface area contributed by atoms with Gasteiger partial charge in [0.15, 0.2) is 5.75 Å². The molecule has 1 atom stereocenters. The number of hydrogen-bond donors (Lipinski definition) is 1. The largest absolute Gasteiger partial charge is 0.494 e. The summed E-state index contributed by atoms with van der Waals surface area (Å²) in [6.45, 7) is 0. The van der Waals surface area contributed by atoms with Crippen LogP contribution >= 0.6 is 23.2 Å².